The summed E-state index contributed by atoms with van der Waals surface area (Å²) in [7, 11) is 1.57. The Kier molecular flexibility index (Phi) is 3.42. The van der Waals surface area contributed by atoms with Gasteiger partial charge in [0.2, 0.25) is 0 Å². The molecule has 2 aromatic rings. The Balaban J connectivity index is 2.52. The second-order valence-corrected chi connectivity index (χ2v) is 4.22. The van der Waals surface area contributed by atoms with Gasteiger partial charge in [-0.25, -0.2) is 0 Å². The topological polar surface area (TPSA) is 39.2 Å². The number of aromatic nitrogens is 1. The van der Waals surface area contributed by atoms with Crippen molar-refractivity contribution in [2.75, 3.05) is 7.11 Å². The van der Waals surface area contributed by atoms with Crippen LogP contribution in [0.25, 0.3) is 0 Å². The molecule has 3 heteroatoms. The molecule has 0 spiro atoms. The summed E-state index contributed by atoms with van der Waals surface area (Å²) in [5.41, 5.74) is 3.15. The van der Waals surface area contributed by atoms with E-state index < -0.39 is 0 Å². The molecule has 0 amide bonds. The van der Waals surface area contributed by atoms with Crippen LogP contribution in [0, 0.1) is 13.8 Å². The molecule has 1 aromatic heterocycles. The zero-order chi connectivity index (χ0) is 13.1. The third-order valence-electron chi connectivity index (χ3n) is 2.86. The number of ketones is 1. The summed E-state index contributed by atoms with van der Waals surface area (Å²) in [6.45, 7) is 3.83. The first kappa shape index (κ1) is 12.3. The van der Waals surface area contributed by atoms with Crippen molar-refractivity contribution in [3.8, 4) is 5.75 Å². The molecule has 0 saturated heterocycles. The average Bonchev–Trinajstić information content (AvgIpc) is 2.38. The number of carbonyl (C=O) groups is 1. The summed E-state index contributed by atoms with van der Waals surface area (Å²) < 4.78 is 5.25. The molecule has 0 saturated carbocycles. The van der Waals surface area contributed by atoms with Crippen LogP contribution in [0.3, 0.4) is 0 Å². The summed E-state index contributed by atoms with van der Waals surface area (Å²) in [5, 5.41) is 0. The fraction of sp³-hybridized carbons (Fsp3) is 0.200. The normalized spacial score (nSPS) is 10.2. The van der Waals surface area contributed by atoms with Crippen LogP contribution in [-0.2, 0) is 0 Å². The molecular weight excluding hydrogens is 226 g/mol. The molecule has 0 aliphatic carbocycles. The van der Waals surface area contributed by atoms with Crippen LogP contribution in [0.4, 0.5) is 0 Å². The molecule has 18 heavy (non-hydrogen) atoms. The molecule has 0 atom stereocenters. The van der Waals surface area contributed by atoms with Crippen molar-refractivity contribution < 1.29 is 9.53 Å². The van der Waals surface area contributed by atoms with E-state index >= 15 is 0 Å². The average molecular weight is 241 g/mol. The first-order valence-electron chi connectivity index (χ1n) is 5.73. The minimum atomic E-state index is -0.0320. The Morgan fingerprint density at radius 1 is 1.17 bits per heavy atom. The van der Waals surface area contributed by atoms with Crippen molar-refractivity contribution >= 4 is 5.78 Å². The maximum atomic E-state index is 12.5. The first-order chi connectivity index (χ1) is 8.63. The van der Waals surface area contributed by atoms with Gasteiger partial charge < -0.3 is 4.74 Å². The van der Waals surface area contributed by atoms with Crippen molar-refractivity contribution in [2.45, 2.75) is 13.8 Å². The van der Waals surface area contributed by atoms with Gasteiger partial charge in [-0.3, -0.25) is 9.78 Å². The van der Waals surface area contributed by atoms with Crippen molar-refractivity contribution in [1.29, 1.82) is 0 Å². The minimum Gasteiger partial charge on any atom is -0.496 e. The quantitative estimate of drug-likeness (QED) is 0.775. The van der Waals surface area contributed by atoms with Gasteiger partial charge in [-0.15, -0.1) is 0 Å². The van der Waals surface area contributed by atoms with Gasteiger partial charge in [0, 0.05) is 18.0 Å². The largest absolute Gasteiger partial charge is 0.496 e. The van der Waals surface area contributed by atoms with Crippen molar-refractivity contribution in [1.82, 2.24) is 4.98 Å². The number of nitrogens with zero attached hydrogens (tertiary/aromatic N) is 1. The number of aryl methyl sites for hydroxylation is 2. The minimum absolute atomic E-state index is 0.0320. The summed E-state index contributed by atoms with van der Waals surface area (Å²) in [6, 6.07) is 7.33. The lowest BCUT2D eigenvalue weighted by molar-refractivity contribution is 0.103. The summed E-state index contributed by atoms with van der Waals surface area (Å²) >= 11 is 0. The molecule has 1 aromatic carbocycles. The van der Waals surface area contributed by atoms with E-state index in [2.05, 4.69) is 4.98 Å². The summed E-state index contributed by atoms with van der Waals surface area (Å²) in [4.78, 5) is 16.5. The number of benzene rings is 1. The molecule has 0 N–H and O–H groups in total. The molecule has 0 aliphatic heterocycles. The van der Waals surface area contributed by atoms with E-state index in [-0.39, 0.29) is 5.78 Å². The van der Waals surface area contributed by atoms with Crippen molar-refractivity contribution in [3.05, 3.63) is 58.9 Å². The molecule has 2 rings (SSSR count). The maximum Gasteiger partial charge on any atom is 0.197 e. The molecule has 0 aliphatic rings. The van der Waals surface area contributed by atoms with Gasteiger partial charge in [0.15, 0.2) is 5.78 Å². The van der Waals surface area contributed by atoms with Gasteiger partial charge in [0.1, 0.15) is 5.75 Å². The lowest BCUT2D eigenvalue weighted by Crippen LogP contribution is -2.06. The van der Waals surface area contributed by atoms with Crippen LogP contribution < -0.4 is 4.74 Å². The number of hydrogen-bond acceptors (Lipinski definition) is 3. The standard InChI is InChI=1S/C15H15NO2/c1-10-4-5-14(18-3)13(8-10)15(17)12-6-7-16-9-11(12)2/h4-9H,1-3H3. The Morgan fingerprint density at radius 3 is 2.61 bits per heavy atom. The van der Waals surface area contributed by atoms with Crippen LogP contribution >= 0.6 is 0 Å². The van der Waals surface area contributed by atoms with Crippen LogP contribution in [-0.4, -0.2) is 17.9 Å². The third-order valence-corrected chi connectivity index (χ3v) is 2.86. The monoisotopic (exact) mass is 241 g/mol. The predicted octanol–water partition coefficient (Wildman–Crippen LogP) is 2.94. The Hall–Kier alpha value is -2.16. The molecule has 0 fully saturated rings. The number of ether oxygens (including phenoxy) is 1. The number of rotatable bonds is 3. The summed E-state index contributed by atoms with van der Waals surface area (Å²) in [5.74, 6) is 0.567. The van der Waals surface area contributed by atoms with Crippen molar-refractivity contribution in [2.24, 2.45) is 0 Å². The van der Waals surface area contributed by atoms with Gasteiger partial charge in [-0.2, -0.15) is 0 Å². The fourth-order valence-electron chi connectivity index (χ4n) is 1.87. The molecule has 92 valence electrons. The molecular formula is C15H15NO2. The van der Waals surface area contributed by atoms with Gasteiger partial charge in [-0.1, -0.05) is 11.6 Å². The molecule has 0 radical (unpaired) electrons. The second kappa shape index (κ2) is 5.00. The van der Waals surface area contributed by atoms with Crippen LogP contribution in [0.15, 0.2) is 36.7 Å². The van der Waals surface area contributed by atoms with E-state index in [0.717, 1.165) is 11.1 Å². The van der Waals surface area contributed by atoms with E-state index in [9.17, 15) is 4.79 Å². The molecule has 1 heterocycles. The zero-order valence-electron chi connectivity index (χ0n) is 10.7. The Bertz CT molecular complexity index is 591. The Morgan fingerprint density at radius 2 is 1.94 bits per heavy atom. The van der Waals surface area contributed by atoms with Crippen LogP contribution in [0.1, 0.15) is 27.0 Å². The Labute approximate surface area is 106 Å². The highest BCUT2D eigenvalue weighted by atomic mass is 16.5. The molecule has 3 nitrogen and oxygen atoms in total. The SMILES string of the molecule is COc1ccc(C)cc1C(=O)c1ccncc1C. The van der Waals surface area contributed by atoms with E-state index in [1.165, 1.54) is 0 Å². The highest BCUT2D eigenvalue weighted by molar-refractivity contribution is 6.11. The smallest absolute Gasteiger partial charge is 0.197 e. The maximum absolute atomic E-state index is 12.5. The van der Waals surface area contributed by atoms with Crippen molar-refractivity contribution in [3.63, 3.8) is 0 Å². The van der Waals surface area contributed by atoms with Gasteiger partial charge >= 0.3 is 0 Å². The van der Waals surface area contributed by atoms with E-state index in [4.69, 9.17) is 4.74 Å². The van der Waals surface area contributed by atoms with Gasteiger partial charge in [0.25, 0.3) is 0 Å². The third kappa shape index (κ3) is 2.25. The van der Waals surface area contributed by atoms with E-state index in [0.29, 0.717) is 16.9 Å². The predicted molar refractivity (Wildman–Crippen MR) is 70.1 cm³/mol. The van der Waals surface area contributed by atoms with Gasteiger partial charge in [0.05, 0.1) is 12.7 Å². The number of carbonyl (C=O) groups excluding carboxylic acids is 1. The zero-order valence-corrected chi connectivity index (χ0v) is 10.7. The lowest BCUT2D eigenvalue weighted by Gasteiger charge is -2.09. The van der Waals surface area contributed by atoms with Gasteiger partial charge in [-0.05, 0) is 37.6 Å². The van der Waals surface area contributed by atoms with Crippen LogP contribution in [0.5, 0.6) is 5.75 Å². The highest BCUT2D eigenvalue weighted by Gasteiger charge is 2.16. The number of pyridine rings is 1. The number of hydrogen-bond donors (Lipinski definition) is 0. The second-order valence-electron chi connectivity index (χ2n) is 4.22. The molecule has 0 unspecified atom stereocenters. The van der Waals surface area contributed by atoms with E-state index in [1.54, 1.807) is 25.6 Å². The lowest BCUT2D eigenvalue weighted by atomic mass is 9.98. The number of methoxy groups -OCH3 is 1. The highest BCUT2D eigenvalue weighted by Crippen LogP contribution is 2.23. The first-order valence-corrected chi connectivity index (χ1v) is 5.73. The van der Waals surface area contributed by atoms with E-state index in [1.807, 2.05) is 32.0 Å². The van der Waals surface area contributed by atoms with Crippen LogP contribution in [0.2, 0.25) is 0 Å². The fourth-order valence-corrected chi connectivity index (χ4v) is 1.87. The summed E-state index contributed by atoms with van der Waals surface area (Å²) in [6.07, 6.45) is 3.32. The molecule has 0 bridgehead atoms.